The minimum atomic E-state index is -0.433. The van der Waals surface area contributed by atoms with Crippen molar-refractivity contribution in [2.45, 2.75) is 18.8 Å². The van der Waals surface area contributed by atoms with Crippen molar-refractivity contribution < 1.29 is 9.47 Å². The Morgan fingerprint density at radius 2 is 1.82 bits per heavy atom. The van der Waals surface area contributed by atoms with Crippen LogP contribution >= 0.6 is 0 Å². The third-order valence-electron chi connectivity index (χ3n) is 3.63. The molecule has 4 heteroatoms. The van der Waals surface area contributed by atoms with E-state index < -0.39 is 5.79 Å². The average Bonchev–Trinajstić information content (AvgIpc) is 2.29. The van der Waals surface area contributed by atoms with Gasteiger partial charge in [0.15, 0.2) is 5.79 Å². The third-order valence-corrected chi connectivity index (χ3v) is 3.63. The van der Waals surface area contributed by atoms with Gasteiger partial charge < -0.3 is 15.2 Å². The molecule has 1 unspecified atom stereocenters. The molecule has 0 radical (unpaired) electrons. The lowest BCUT2D eigenvalue weighted by atomic mass is 9.98. The summed E-state index contributed by atoms with van der Waals surface area (Å²) in [5, 5.41) is 0. The Kier molecular flexibility index (Phi) is 3.38. The molecule has 0 aliphatic carbocycles. The number of nitrogen functional groups attached to an aromatic ring is 1. The summed E-state index contributed by atoms with van der Waals surface area (Å²) in [4.78, 5) is 2.29. The molecule has 2 rings (SSSR count). The van der Waals surface area contributed by atoms with Gasteiger partial charge in [0, 0.05) is 25.9 Å². The molecule has 1 aromatic rings. The monoisotopic (exact) mass is 236 g/mol. The van der Waals surface area contributed by atoms with E-state index in [1.165, 1.54) is 0 Å². The highest BCUT2D eigenvalue weighted by molar-refractivity contribution is 5.48. The molecular formula is C13H20N2O2. The second-order valence-electron chi connectivity index (χ2n) is 4.53. The first kappa shape index (κ1) is 12.4. The fourth-order valence-corrected chi connectivity index (χ4v) is 2.28. The SMILES string of the molecule is COC1(OC)CN(C(C)c2ccccc2N)C1. The van der Waals surface area contributed by atoms with Crippen LogP contribution in [0.3, 0.4) is 0 Å². The summed E-state index contributed by atoms with van der Waals surface area (Å²) in [6.07, 6.45) is 0. The number of nitrogens with zero attached hydrogens (tertiary/aromatic N) is 1. The van der Waals surface area contributed by atoms with Crippen LogP contribution in [0.15, 0.2) is 24.3 Å². The van der Waals surface area contributed by atoms with Gasteiger partial charge in [0.05, 0.1) is 13.1 Å². The van der Waals surface area contributed by atoms with E-state index in [1.54, 1.807) is 14.2 Å². The van der Waals surface area contributed by atoms with Gasteiger partial charge in [0.2, 0.25) is 0 Å². The standard InChI is InChI=1S/C13H20N2O2/c1-10(11-6-4-5-7-12(11)14)15-8-13(9-15,16-2)17-3/h4-7,10H,8-9,14H2,1-3H3. The maximum absolute atomic E-state index is 5.98. The van der Waals surface area contributed by atoms with Crippen LogP contribution in [-0.2, 0) is 9.47 Å². The summed E-state index contributed by atoms with van der Waals surface area (Å²) in [6.45, 7) is 3.70. The van der Waals surface area contributed by atoms with Crippen molar-refractivity contribution in [1.29, 1.82) is 0 Å². The second kappa shape index (κ2) is 4.64. The van der Waals surface area contributed by atoms with Crippen LogP contribution in [0.1, 0.15) is 18.5 Å². The Morgan fingerprint density at radius 1 is 1.24 bits per heavy atom. The normalized spacial score (nSPS) is 20.9. The highest BCUT2D eigenvalue weighted by Crippen LogP contribution is 2.34. The lowest BCUT2D eigenvalue weighted by Crippen LogP contribution is -2.64. The van der Waals surface area contributed by atoms with E-state index in [0.29, 0.717) is 0 Å². The molecular weight excluding hydrogens is 216 g/mol. The van der Waals surface area contributed by atoms with E-state index in [9.17, 15) is 0 Å². The largest absolute Gasteiger partial charge is 0.398 e. The molecule has 0 spiro atoms. The van der Waals surface area contributed by atoms with E-state index in [-0.39, 0.29) is 6.04 Å². The summed E-state index contributed by atoms with van der Waals surface area (Å²) < 4.78 is 10.7. The molecule has 4 nitrogen and oxygen atoms in total. The van der Waals surface area contributed by atoms with Crippen molar-refractivity contribution in [2.75, 3.05) is 33.0 Å². The predicted octanol–water partition coefficient (Wildman–Crippen LogP) is 1.63. The number of methoxy groups -OCH3 is 2. The lowest BCUT2D eigenvalue weighted by Gasteiger charge is -2.50. The fraction of sp³-hybridized carbons (Fsp3) is 0.538. The molecule has 1 atom stereocenters. The van der Waals surface area contributed by atoms with E-state index in [1.807, 2.05) is 18.2 Å². The molecule has 1 aromatic carbocycles. The van der Waals surface area contributed by atoms with Gasteiger partial charge in [-0.2, -0.15) is 0 Å². The van der Waals surface area contributed by atoms with E-state index >= 15 is 0 Å². The number of anilines is 1. The number of para-hydroxylation sites is 1. The number of hydrogen-bond donors (Lipinski definition) is 1. The maximum Gasteiger partial charge on any atom is 0.193 e. The van der Waals surface area contributed by atoms with E-state index in [4.69, 9.17) is 15.2 Å². The van der Waals surface area contributed by atoms with Gasteiger partial charge in [0.25, 0.3) is 0 Å². The van der Waals surface area contributed by atoms with E-state index in [0.717, 1.165) is 24.3 Å². The van der Waals surface area contributed by atoms with Crippen LogP contribution < -0.4 is 5.73 Å². The van der Waals surface area contributed by atoms with Crippen LogP contribution in [0, 0.1) is 0 Å². The van der Waals surface area contributed by atoms with Crippen LogP contribution in [-0.4, -0.2) is 38.0 Å². The Hall–Kier alpha value is -1.10. The fourth-order valence-electron chi connectivity index (χ4n) is 2.28. The average molecular weight is 236 g/mol. The van der Waals surface area contributed by atoms with Crippen LogP contribution in [0.4, 0.5) is 5.69 Å². The van der Waals surface area contributed by atoms with Crippen molar-refractivity contribution in [3.63, 3.8) is 0 Å². The van der Waals surface area contributed by atoms with Crippen molar-refractivity contribution in [1.82, 2.24) is 4.90 Å². The molecule has 1 aliphatic rings. The quantitative estimate of drug-likeness (QED) is 0.637. The third kappa shape index (κ3) is 2.16. The van der Waals surface area contributed by atoms with Gasteiger partial charge in [-0.1, -0.05) is 18.2 Å². The first-order valence-corrected chi connectivity index (χ1v) is 5.80. The molecule has 2 N–H and O–H groups in total. The minimum absolute atomic E-state index is 0.287. The Balaban J connectivity index is 2.05. The Bertz CT molecular complexity index is 383. The van der Waals surface area contributed by atoms with Crippen molar-refractivity contribution in [3.8, 4) is 0 Å². The Labute approximate surface area is 102 Å². The molecule has 0 amide bonds. The number of nitrogens with two attached hydrogens (primary N) is 1. The van der Waals surface area contributed by atoms with Crippen molar-refractivity contribution in [2.24, 2.45) is 0 Å². The number of ether oxygens (including phenoxy) is 2. The zero-order chi connectivity index (χ0) is 12.5. The molecule has 1 saturated heterocycles. The molecule has 94 valence electrons. The summed E-state index contributed by atoms with van der Waals surface area (Å²) in [5.74, 6) is -0.433. The van der Waals surface area contributed by atoms with Crippen LogP contribution in [0.25, 0.3) is 0 Å². The van der Waals surface area contributed by atoms with Crippen molar-refractivity contribution >= 4 is 5.69 Å². The minimum Gasteiger partial charge on any atom is -0.398 e. The molecule has 1 aliphatic heterocycles. The number of likely N-dealkylation sites (tertiary alicyclic amines) is 1. The topological polar surface area (TPSA) is 47.7 Å². The van der Waals surface area contributed by atoms with Crippen molar-refractivity contribution in [3.05, 3.63) is 29.8 Å². The van der Waals surface area contributed by atoms with Gasteiger partial charge in [-0.05, 0) is 18.6 Å². The molecule has 17 heavy (non-hydrogen) atoms. The molecule has 1 fully saturated rings. The lowest BCUT2D eigenvalue weighted by molar-refractivity contribution is -0.281. The zero-order valence-electron chi connectivity index (χ0n) is 10.6. The van der Waals surface area contributed by atoms with Gasteiger partial charge in [-0.15, -0.1) is 0 Å². The summed E-state index contributed by atoms with van der Waals surface area (Å²) in [7, 11) is 3.37. The zero-order valence-corrected chi connectivity index (χ0v) is 10.6. The molecule has 0 aromatic heterocycles. The van der Waals surface area contributed by atoms with Crippen LogP contribution in [0.2, 0.25) is 0 Å². The number of rotatable bonds is 4. The second-order valence-corrected chi connectivity index (χ2v) is 4.53. The first-order valence-electron chi connectivity index (χ1n) is 5.80. The summed E-state index contributed by atoms with van der Waals surface area (Å²) in [5.41, 5.74) is 7.98. The van der Waals surface area contributed by atoms with Gasteiger partial charge in [-0.3, -0.25) is 4.90 Å². The molecule has 0 saturated carbocycles. The van der Waals surface area contributed by atoms with Crippen LogP contribution in [0.5, 0.6) is 0 Å². The molecule has 0 bridgehead atoms. The van der Waals surface area contributed by atoms with Gasteiger partial charge in [0.1, 0.15) is 0 Å². The van der Waals surface area contributed by atoms with Gasteiger partial charge in [-0.25, -0.2) is 0 Å². The highest BCUT2D eigenvalue weighted by atomic mass is 16.7. The first-order chi connectivity index (χ1) is 8.12. The van der Waals surface area contributed by atoms with Gasteiger partial charge >= 0.3 is 0 Å². The summed E-state index contributed by atoms with van der Waals surface area (Å²) >= 11 is 0. The molecule has 1 heterocycles. The number of hydrogen-bond acceptors (Lipinski definition) is 4. The van der Waals surface area contributed by atoms with E-state index in [2.05, 4.69) is 17.9 Å². The Morgan fingerprint density at radius 3 is 2.35 bits per heavy atom. The maximum atomic E-state index is 5.98. The number of benzene rings is 1. The highest BCUT2D eigenvalue weighted by Gasteiger charge is 2.45. The summed E-state index contributed by atoms with van der Waals surface area (Å²) in [6, 6.07) is 8.26. The predicted molar refractivity (Wildman–Crippen MR) is 67.6 cm³/mol. The smallest absolute Gasteiger partial charge is 0.193 e.